The van der Waals surface area contributed by atoms with Crippen molar-refractivity contribution < 1.29 is 18.2 Å². The van der Waals surface area contributed by atoms with E-state index in [1.807, 2.05) is 37.3 Å². The summed E-state index contributed by atoms with van der Waals surface area (Å²) in [5, 5.41) is 0. The Labute approximate surface area is 99.9 Å². The molecular formula is C11H16O4S. The summed E-state index contributed by atoms with van der Waals surface area (Å²) < 4.78 is 23.8. The van der Waals surface area contributed by atoms with Crippen LogP contribution in [0.4, 0.5) is 0 Å². The van der Waals surface area contributed by atoms with Gasteiger partial charge in [0.25, 0.3) is 0 Å². The van der Waals surface area contributed by atoms with Gasteiger partial charge in [-0.15, -0.1) is 0 Å². The van der Waals surface area contributed by atoms with Crippen molar-refractivity contribution in [2.75, 3.05) is 19.8 Å². The minimum Gasteiger partial charge on any atom is -0.491 e. The second-order valence-corrected chi connectivity index (χ2v) is 3.59. The Morgan fingerprint density at radius 2 is 2.00 bits per heavy atom. The topological polar surface area (TPSA) is 47.9 Å². The lowest BCUT2D eigenvalue weighted by Crippen LogP contribution is -2.19. The number of hydrogen-bond acceptors (Lipinski definition) is 5. The van der Waals surface area contributed by atoms with Crippen molar-refractivity contribution in [3.8, 4) is 5.75 Å². The Kier molecular flexibility index (Phi) is 7.00. The SMILES string of the molecule is CC(COc1ccccc1)OCCOSO. The molecule has 16 heavy (non-hydrogen) atoms. The minimum atomic E-state index is -0.00695. The van der Waals surface area contributed by atoms with Crippen molar-refractivity contribution >= 4 is 12.3 Å². The molecule has 4 nitrogen and oxygen atoms in total. The van der Waals surface area contributed by atoms with Gasteiger partial charge in [0.1, 0.15) is 12.4 Å². The van der Waals surface area contributed by atoms with Gasteiger partial charge in [0.2, 0.25) is 0 Å². The van der Waals surface area contributed by atoms with E-state index in [4.69, 9.17) is 14.0 Å². The number of benzene rings is 1. The van der Waals surface area contributed by atoms with E-state index >= 15 is 0 Å². The van der Waals surface area contributed by atoms with Gasteiger partial charge in [-0.3, -0.25) is 4.18 Å². The predicted molar refractivity (Wildman–Crippen MR) is 63.5 cm³/mol. The lowest BCUT2D eigenvalue weighted by molar-refractivity contribution is 0.0192. The quantitative estimate of drug-likeness (QED) is 0.562. The monoisotopic (exact) mass is 244 g/mol. The molecule has 1 N–H and O–H groups in total. The largest absolute Gasteiger partial charge is 0.491 e. The summed E-state index contributed by atoms with van der Waals surface area (Å²) in [7, 11) is 0. The molecule has 0 bridgehead atoms. The summed E-state index contributed by atoms with van der Waals surface area (Å²) in [6.45, 7) is 3.22. The number of hydrogen-bond donors (Lipinski definition) is 1. The maximum Gasteiger partial charge on any atom is 0.155 e. The van der Waals surface area contributed by atoms with Crippen LogP contribution in [0.1, 0.15) is 6.92 Å². The molecule has 5 heteroatoms. The van der Waals surface area contributed by atoms with Gasteiger partial charge in [-0.2, -0.15) is 0 Å². The van der Waals surface area contributed by atoms with Crippen molar-refractivity contribution in [3.63, 3.8) is 0 Å². The van der Waals surface area contributed by atoms with E-state index in [-0.39, 0.29) is 6.10 Å². The molecule has 0 saturated carbocycles. The van der Waals surface area contributed by atoms with Crippen molar-refractivity contribution in [2.45, 2.75) is 13.0 Å². The van der Waals surface area contributed by atoms with E-state index in [0.29, 0.717) is 32.1 Å². The first-order chi connectivity index (χ1) is 7.83. The van der Waals surface area contributed by atoms with Gasteiger partial charge in [0.05, 0.1) is 19.3 Å². The van der Waals surface area contributed by atoms with Gasteiger partial charge in [-0.25, -0.2) is 0 Å². The zero-order chi connectivity index (χ0) is 11.6. The number of rotatable bonds is 8. The molecule has 1 aromatic rings. The highest BCUT2D eigenvalue weighted by atomic mass is 32.2. The molecule has 1 aromatic carbocycles. The molecular weight excluding hydrogens is 228 g/mol. The highest BCUT2D eigenvalue weighted by molar-refractivity contribution is 7.88. The second-order valence-electron chi connectivity index (χ2n) is 3.20. The van der Waals surface area contributed by atoms with Crippen molar-refractivity contribution in [2.24, 2.45) is 0 Å². The summed E-state index contributed by atoms with van der Waals surface area (Å²) in [6.07, 6.45) is -0.00695. The van der Waals surface area contributed by atoms with Crippen LogP contribution in [0.25, 0.3) is 0 Å². The standard InChI is InChI=1S/C11H16O4S/c1-10(13-7-8-15-16-12)9-14-11-5-3-2-4-6-11/h2-6,10,12H,7-9H2,1H3. The highest BCUT2D eigenvalue weighted by Crippen LogP contribution is 2.09. The van der Waals surface area contributed by atoms with Crippen LogP contribution in [-0.2, 0) is 8.92 Å². The first kappa shape index (κ1) is 13.3. The fourth-order valence-electron chi connectivity index (χ4n) is 1.10. The molecule has 0 saturated heterocycles. The van der Waals surface area contributed by atoms with Crippen LogP contribution in [0, 0.1) is 0 Å². The third kappa shape index (κ3) is 5.97. The van der Waals surface area contributed by atoms with E-state index in [0.717, 1.165) is 5.75 Å². The minimum absolute atomic E-state index is 0.00695. The fraction of sp³-hybridized carbons (Fsp3) is 0.455. The Bertz CT molecular complexity index is 268. The third-order valence-corrected chi connectivity index (χ3v) is 2.12. The highest BCUT2D eigenvalue weighted by Gasteiger charge is 2.03. The molecule has 0 aromatic heterocycles. The summed E-state index contributed by atoms with van der Waals surface area (Å²) >= 11 is 0.352. The summed E-state index contributed by atoms with van der Waals surface area (Å²) in [5.41, 5.74) is 0. The van der Waals surface area contributed by atoms with Crippen LogP contribution in [0.5, 0.6) is 5.75 Å². The van der Waals surface area contributed by atoms with Gasteiger partial charge in [-0.1, -0.05) is 18.2 Å². The molecule has 0 heterocycles. The van der Waals surface area contributed by atoms with Gasteiger partial charge < -0.3 is 14.0 Å². The van der Waals surface area contributed by atoms with Crippen LogP contribution in [0.3, 0.4) is 0 Å². The fourth-order valence-corrected chi connectivity index (χ4v) is 1.24. The van der Waals surface area contributed by atoms with Gasteiger partial charge in [0.15, 0.2) is 12.3 Å². The maximum absolute atomic E-state index is 8.30. The molecule has 0 radical (unpaired) electrons. The normalized spacial score (nSPS) is 12.4. The molecule has 1 rings (SSSR count). The first-order valence-corrected chi connectivity index (χ1v) is 5.75. The third-order valence-electron chi connectivity index (χ3n) is 1.85. The molecule has 0 spiro atoms. The molecule has 0 aliphatic carbocycles. The Morgan fingerprint density at radius 3 is 2.69 bits per heavy atom. The zero-order valence-corrected chi connectivity index (χ0v) is 9.98. The average Bonchev–Trinajstić information content (AvgIpc) is 2.33. The summed E-state index contributed by atoms with van der Waals surface area (Å²) in [4.78, 5) is 0. The lowest BCUT2D eigenvalue weighted by atomic mass is 10.3. The second kappa shape index (κ2) is 8.41. The Morgan fingerprint density at radius 1 is 1.25 bits per heavy atom. The molecule has 0 amide bonds. The Hall–Kier alpha value is -0.750. The number of para-hydroxylation sites is 1. The maximum atomic E-state index is 8.30. The van der Waals surface area contributed by atoms with Gasteiger partial charge >= 0.3 is 0 Å². The molecule has 0 aliphatic rings. The average molecular weight is 244 g/mol. The summed E-state index contributed by atoms with van der Waals surface area (Å²) in [6, 6.07) is 9.59. The van der Waals surface area contributed by atoms with Crippen LogP contribution in [0.2, 0.25) is 0 Å². The number of ether oxygens (including phenoxy) is 2. The molecule has 0 aliphatic heterocycles. The van der Waals surface area contributed by atoms with Crippen LogP contribution >= 0.6 is 12.3 Å². The van der Waals surface area contributed by atoms with E-state index < -0.39 is 0 Å². The predicted octanol–water partition coefficient (Wildman–Crippen LogP) is 2.61. The van der Waals surface area contributed by atoms with Crippen molar-refractivity contribution in [1.82, 2.24) is 0 Å². The van der Waals surface area contributed by atoms with Gasteiger partial charge in [-0.05, 0) is 19.1 Å². The van der Waals surface area contributed by atoms with Crippen LogP contribution in [0.15, 0.2) is 30.3 Å². The zero-order valence-electron chi connectivity index (χ0n) is 9.17. The molecule has 1 atom stereocenters. The van der Waals surface area contributed by atoms with Crippen LogP contribution < -0.4 is 4.74 Å². The van der Waals surface area contributed by atoms with E-state index in [2.05, 4.69) is 4.18 Å². The summed E-state index contributed by atoms with van der Waals surface area (Å²) in [5.74, 6) is 0.833. The van der Waals surface area contributed by atoms with Crippen LogP contribution in [-0.4, -0.2) is 30.5 Å². The van der Waals surface area contributed by atoms with E-state index in [9.17, 15) is 0 Å². The Balaban J connectivity index is 2.08. The molecule has 1 unspecified atom stereocenters. The molecule has 0 fully saturated rings. The van der Waals surface area contributed by atoms with E-state index in [1.54, 1.807) is 0 Å². The lowest BCUT2D eigenvalue weighted by Gasteiger charge is -2.13. The van der Waals surface area contributed by atoms with Crippen molar-refractivity contribution in [3.05, 3.63) is 30.3 Å². The smallest absolute Gasteiger partial charge is 0.155 e. The van der Waals surface area contributed by atoms with E-state index in [1.165, 1.54) is 0 Å². The first-order valence-electron chi connectivity index (χ1n) is 5.05. The molecule has 90 valence electrons. The van der Waals surface area contributed by atoms with Gasteiger partial charge in [0, 0.05) is 0 Å². The van der Waals surface area contributed by atoms with Crippen molar-refractivity contribution in [1.29, 1.82) is 0 Å².